The molecule has 3 aromatic rings. The number of benzene rings is 2. The van der Waals surface area contributed by atoms with Crippen molar-refractivity contribution >= 4 is 22.8 Å². The Labute approximate surface area is 141 Å². The SMILES string of the molecule is COc1ccc(F)cc1-c1[nH]c2ccc(C(=O)O)cc2c1CC(=O)O. The summed E-state index contributed by atoms with van der Waals surface area (Å²) in [6, 6.07) is 8.31. The molecule has 0 saturated heterocycles. The van der Waals surface area contributed by atoms with E-state index in [2.05, 4.69) is 4.98 Å². The number of fused-ring (bicyclic) bond motifs is 1. The lowest BCUT2D eigenvalue weighted by Gasteiger charge is -2.09. The van der Waals surface area contributed by atoms with Crippen LogP contribution in [0.2, 0.25) is 0 Å². The van der Waals surface area contributed by atoms with Gasteiger partial charge in [0.15, 0.2) is 0 Å². The summed E-state index contributed by atoms with van der Waals surface area (Å²) in [4.78, 5) is 25.6. The molecule has 3 N–H and O–H groups in total. The molecule has 0 amide bonds. The molecule has 0 atom stereocenters. The molecule has 2 aromatic carbocycles. The number of rotatable bonds is 5. The third kappa shape index (κ3) is 3.03. The second-order valence-corrected chi connectivity index (χ2v) is 5.46. The van der Waals surface area contributed by atoms with Gasteiger partial charge >= 0.3 is 11.9 Å². The number of H-pyrrole nitrogens is 1. The van der Waals surface area contributed by atoms with E-state index in [4.69, 9.17) is 9.84 Å². The highest BCUT2D eigenvalue weighted by Crippen LogP contribution is 2.36. The van der Waals surface area contributed by atoms with Crippen molar-refractivity contribution in [3.63, 3.8) is 0 Å². The van der Waals surface area contributed by atoms with Gasteiger partial charge < -0.3 is 19.9 Å². The smallest absolute Gasteiger partial charge is 0.335 e. The number of halogens is 1. The van der Waals surface area contributed by atoms with Crippen LogP contribution in [0, 0.1) is 5.82 Å². The highest BCUT2D eigenvalue weighted by atomic mass is 19.1. The van der Waals surface area contributed by atoms with Crippen molar-refractivity contribution in [2.45, 2.75) is 6.42 Å². The van der Waals surface area contributed by atoms with Gasteiger partial charge in [0.25, 0.3) is 0 Å². The minimum absolute atomic E-state index is 0.0379. The maximum atomic E-state index is 13.7. The van der Waals surface area contributed by atoms with E-state index in [-0.39, 0.29) is 12.0 Å². The molecule has 1 aromatic heterocycles. The molecule has 6 nitrogen and oxygen atoms in total. The molecule has 25 heavy (non-hydrogen) atoms. The fraction of sp³-hybridized carbons (Fsp3) is 0.111. The first-order chi connectivity index (χ1) is 11.9. The van der Waals surface area contributed by atoms with Crippen LogP contribution in [0.15, 0.2) is 36.4 Å². The lowest BCUT2D eigenvalue weighted by atomic mass is 10.0. The lowest BCUT2D eigenvalue weighted by Crippen LogP contribution is -2.02. The predicted octanol–water partition coefficient (Wildman–Crippen LogP) is 3.31. The van der Waals surface area contributed by atoms with E-state index in [9.17, 15) is 19.1 Å². The highest BCUT2D eigenvalue weighted by Gasteiger charge is 2.20. The Morgan fingerprint density at radius 2 is 1.92 bits per heavy atom. The van der Waals surface area contributed by atoms with Gasteiger partial charge in [-0.1, -0.05) is 0 Å². The summed E-state index contributed by atoms with van der Waals surface area (Å²) in [6.07, 6.45) is -0.349. The average molecular weight is 343 g/mol. The third-order valence-corrected chi connectivity index (χ3v) is 3.91. The summed E-state index contributed by atoms with van der Waals surface area (Å²) < 4.78 is 19.0. The number of aromatic carboxylic acids is 1. The number of aromatic nitrogens is 1. The van der Waals surface area contributed by atoms with E-state index in [1.54, 1.807) is 6.07 Å². The second kappa shape index (κ2) is 6.27. The van der Waals surface area contributed by atoms with E-state index in [1.165, 1.54) is 37.4 Å². The van der Waals surface area contributed by atoms with Gasteiger partial charge in [-0.3, -0.25) is 4.79 Å². The first-order valence-corrected chi connectivity index (χ1v) is 7.34. The van der Waals surface area contributed by atoms with E-state index in [0.29, 0.717) is 33.5 Å². The van der Waals surface area contributed by atoms with Crippen molar-refractivity contribution < 1.29 is 28.9 Å². The zero-order valence-electron chi connectivity index (χ0n) is 13.2. The quantitative estimate of drug-likeness (QED) is 0.660. The molecule has 3 rings (SSSR count). The van der Waals surface area contributed by atoms with Crippen molar-refractivity contribution in [2.24, 2.45) is 0 Å². The van der Waals surface area contributed by atoms with Crippen molar-refractivity contribution in [1.29, 1.82) is 0 Å². The van der Waals surface area contributed by atoms with Crippen LogP contribution in [0.5, 0.6) is 5.75 Å². The number of aromatic amines is 1. The largest absolute Gasteiger partial charge is 0.496 e. The van der Waals surface area contributed by atoms with Gasteiger partial charge in [-0.05, 0) is 42.0 Å². The molecule has 0 fully saturated rings. The third-order valence-electron chi connectivity index (χ3n) is 3.91. The van der Waals surface area contributed by atoms with E-state index in [1.807, 2.05) is 0 Å². The van der Waals surface area contributed by atoms with Gasteiger partial charge in [0.2, 0.25) is 0 Å². The molecule has 0 unspecified atom stereocenters. The van der Waals surface area contributed by atoms with Crippen LogP contribution in [-0.4, -0.2) is 34.2 Å². The highest BCUT2D eigenvalue weighted by molar-refractivity contribution is 5.99. The Morgan fingerprint density at radius 3 is 2.56 bits per heavy atom. The molecule has 0 aliphatic carbocycles. The van der Waals surface area contributed by atoms with Gasteiger partial charge in [-0.15, -0.1) is 0 Å². The normalized spacial score (nSPS) is 10.8. The average Bonchev–Trinajstić information content (AvgIpc) is 2.92. The molecule has 0 bridgehead atoms. The second-order valence-electron chi connectivity index (χ2n) is 5.46. The molecular formula is C18H14FNO5. The van der Waals surface area contributed by atoms with Gasteiger partial charge in [-0.2, -0.15) is 0 Å². The van der Waals surface area contributed by atoms with Gasteiger partial charge in [0.05, 0.1) is 24.8 Å². The summed E-state index contributed by atoms with van der Waals surface area (Å²) in [6.45, 7) is 0. The maximum absolute atomic E-state index is 13.7. The van der Waals surface area contributed by atoms with Crippen LogP contribution in [0.1, 0.15) is 15.9 Å². The topological polar surface area (TPSA) is 99.6 Å². The number of carboxylic acid groups (broad SMARTS) is 2. The molecule has 128 valence electrons. The molecule has 7 heteroatoms. The van der Waals surface area contributed by atoms with Crippen LogP contribution in [0.3, 0.4) is 0 Å². The molecule has 0 saturated carbocycles. The Balaban J connectivity index is 2.32. The Hall–Kier alpha value is -3.35. The maximum Gasteiger partial charge on any atom is 0.335 e. The fourth-order valence-electron chi connectivity index (χ4n) is 2.82. The van der Waals surface area contributed by atoms with Crippen LogP contribution < -0.4 is 4.74 Å². The molecule has 0 aliphatic heterocycles. The standard InChI is InChI=1S/C18H14FNO5/c1-25-15-5-3-10(19)7-13(15)17-12(8-16(21)22)11-6-9(18(23)24)2-4-14(11)20-17/h2-7,20H,8H2,1H3,(H,21,22)(H,23,24). The number of aliphatic carboxylic acids is 1. The number of methoxy groups -OCH3 is 1. The van der Waals surface area contributed by atoms with Crippen molar-refractivity contribution in [3.8, 4) is 17.0 Å². The van der Waals surface area contributed by atoms with Crippen molar-refractivity contribution in [1.82, 2.24) is 4.98 Å². The summed E-state index contributed by atoms with van der Waals surface area (Å²) in [5, 5.41) is 18.9. The summed E-state index contributed by atoms with van der Waals surface area (Å²) in [5.74, 6) is -2.33. The Morgan fingerprint density at radius 1 is 1.16 bits per heavy atom. The number of nitrogens with one attached hydrogen (secondary N) is 1. The van der Waals surface area contributed by atoms with Crippen LogP contribution in [0.4, 0.5) is 4.39 Å². The lowest BCUT2D eigenvalue weighted by molar-refractivity contribution is -0.136. The zero-order chi connectivity index (χ0) is 18.1. The van der Waals surface area contributed by atoms with Crippen molar-refractivity contribution in [2.75, 3.05) is 7.11 Å². The van der Waals surface area contributed by atoms with E-state index in [0.717, 1.165) is 0 Å². The van der Waals surface area contributed by atoms with Gasteiger partial charge in [0.1, 0.15) is 11.6 Å². The zero-order valence-corrected chi connectivity index (χ0v) is 13.2. The Kier molecular flexibility index (Phi) is 4.14. The first kappa shape index (κ1) is 16.5. The minimum atomic E-state index is -1.12. The molecular weight excluding hydrogens is 329 g/mol. The number of ether oxygens (including phenoxy) is 1. The predicted molar refractivity (Wildman–Crippen MR) is 88.5 cm³/mol. The first-order valence-electron chi connectivity index (χ1n) is 7.34. The minimum Gasteiger partial charge on any atom is -0.496 e. The number of hydrogen-bond donors (Lipinski definition) is 3. The fourth-order valence-corrected chi connectivity index (χ4v) is 2.82. The number of hydrogen-bond acceptors (Lipinski definition) is 3. The van der Waals surface area contributed by atoms with Gasteiger partial charge in [-0.25, -0.2) is 9.18 Å². The Bertz CT molecular complexity index is 993. The van der Waals surface area contributed by atoms with Crippen LogP contribution in [-0.2, 0) is 11.2 Å². The molecule has 0 radical (unpaired) electrons. The summed E-state index contributed by atoms with van der Waals surface area (Å²) >= 11 is 0. The monoisotopic (exact) mass is 343 g/mol. The number of carbonyl (C=O) groups is 2. The van der Waals surface area contributed by atoms with Gasteiger partial charge in [0, 0.05) is 16.5 Å². The van der Waals surface area contributed by atoms with E-state index < -0.39 is 17.8 Å². The summed E-state index contributed by atoms with van der Waals surface area (Å²) in [5.41, 5.74) is 1.72. The summed E-state index contributed by atoms with van der Waals surface area (Å²) in [7, 11) is 1.43. The van der Waals surface area contributed by atoms with E-state index >= 15 is 0 Å². The number of carboxylic acids is 2. The van der Waals surface area contributed by atoms with Crippen molar-refractivity contribution in [3.05, 3.63) is 53.3 Å². The molecule has 0 aliphatic rings. The van der Waals surface area contributed by atoms with Crippen LogP contribution >= 0.6 is 0 Å². The van der Waals surface area contributed by atoms with Crippen LogP contribution in [0.25, 0.3) is 22.2 Å². The molecule has 1 heterocycles. The molecule has 0 spiro atoms.